The molecule has 0 amide bonds. The molecule has 0 heterocycles. The van der Waals surface area contributed by atoms with Crippen LogP contribution in [0.15, 0.2) is 24.3 Å². The number of unbranched alkanes of at least 4 members (excludes halogenated alkanes) is 3. The number of hydrogen-bond donors (Lipinski definition) is 0. The zero-order valence-corrected chi connectivity index (χ0v) is 16.1. The van der Waals surface area contributed by atoms with Crippen molar-refractivity contribution in [1.29, 1.82) is 0 Å². The molecule has 0 N–H and O–H groups in total. The van der Waals surface area contributed by atoms with Crippen molar-refractivity contribution in [3.63, 3.8) is 0 Å². The Morgan fingerprint density at radius 1 is 0.650 bits per heavy atom. The Bertz CT molecular complexity index is 390. The van der Waals surface area contributed by atoms with E-state index in [2.05, 4.69) is 74.4 Å². The Morgan fingerprint density at radius 2 is 1.00 bits per heavy atom. The van der Waals surface area contributed by atoms with Crippen molar-refractivity contribution in [3.8, 4) is 22.9 Å². The molecule has 0 bridgehead atoms. The van der Waals surface area contributed by atoms with Gasteiger partial charge in [-0.25, -0.2) is 0 Å². The molecule has 0 aliphatic rings. The second-order valence-corrected chi connectivity index (χ2v) is 16.6. The molecule has 0 aliphatic carbocycles. The Morgan fingerprint density at radius 3 is 1.30 bits per heavy atom. The van der Waals surface area contributed by atoms with Gasteiger partial charge in [0.2, 0.25) is 0 Å². The second kappa shape index (κ2) is 9.86. The third-order valence-electron chi connectivity index (χ3n) is 2.29. The molecule has 0 fully saturated rings. The van der Waals surface area contributed by atoms with Crippen LogP contribution in [0.25, 0.3) is 0 Å². The molecule has 0 nitrogen and oxygen atoms in total. The number of rotatable bonds is 5. The highest BCUT2D eigenvalue weighted by Crippen LogP contribution is 2.02. The molecule has 20 heavy (non-hydrogen) atoms. The van der Waals surface area contributed by atoms with Gasteiger partial charge >= 0.3 is 0 Å². The standard InChI is InChI=1S/C18H30Si2/c1-19(2,3)17-15-13-11-9-7-8-10-12-14-16-18-20(4,5)6/h11-14H,7-10H2,1-6H3/b13-11-,14-12-. The fraction of sp³-hybridized carbons (Fsp3) is 0.556. The van der Waals surface area contributed by atoms with Gasteiger partial charge in [0.15, 0.2) is 0 Å². The quantitative estimate of drug-likeness (QED) is 0.361. The van der Waals surface area contributed by atoms with E-state index in [9.17, 15) is 0 Å². The minimum Gasteiger partial charge on any atom is -0.127 e. The van der Waals surface area contributed by atoms with E-state index in [0.29, 0.717) is 0 Å². The van der Waals surface area contributed by atoms with Crippen LogP contribution < -0.4 is 0 Å². The van der Waals surface area contributed by atoms with Crippen LogP contribution in [-0.2, 0) is 0 Å². The zero-order valence-electron chi connectivity index (χ0n) is 14.1. The van der Waals surface area contributed by atoms with Gasteiger partial charge in [-0.1, -0.05) is 63.3 Å². The molecule has 0 atom stereocenters. The maximum absolute atomic E-state index is 3.34. The first-order chi connectivity index (χ1) is 9.21. The average Bonchev–Trinajstić information content (AvgIpc) is 2.27. The van der Waals surface area contributed by atoms with Crippen LogP contribution in [0.1, 0.15) is 25.7 Å². The van der Waals surface area contributed by atoms with E-state index in [1.165, 1.54) is 12.8 Å². The first kappa shape index (κ1) is 19.0. The third-order valence-corrected chi connectivity index (χ3v) is 4.08. The summed E-state index contributed by atoms with van der Waals surface area (Å²) in [5.74, 6) is 6.32. The fourth-order valence-electron chi connectivity index (χ4n) is 1.33. The van der Waals surface area contributed by atoms with Crippen LogP contribution in [0.5, 0.6) is 0 Å². The van der Waals surface area contributed by atoms with Gasteiger partial charge in [-0.3, -0.25) is 0 Å². The van der Waals surface area contributed by atoms with Gasteiger partial charge in [-0.2, -0.15) is 0 Å². The van der Waals surface area contributed by atoms with Crippen LogP contribution in [0.3, 0.4) is 0 Å². The van der Waals surface area contributed by atoms with Gasteiger partial charge in [0, 0.05) is 0 Å². The topological polar surface area (TPSA) is 0 Å². The van der Waals surface area contributed by atoms with Crippen LogP contribution in [0.4, 0.5) is 0 Å². The highest BCUT2D eigenvalue weighted by molar-refractivity contribution is 6.84. The minimum absolute atomic E-state index is 1.13. The van der Waals surface area contributed by atoms with Crippen molar-refractivity contribution in [3.05, 3.63) is 24.3 Å². The highest BCUT2D eigenvalue weighted by Gasteiger charge is 2.06. The molecule has 110 valence electrons. The van der Waals surface area contributed by atoms with Gasteiger partial charge < -0.3 is 0 Å². The van der Waals surface area contributed by atoms with Crippen molar-refractivity contribution < 1.29 is 0 Å². The Balaban J connectivity index is 3.67. The molecular formula is C18H30Si2. The molecule has 0 aromatic rings. The summed E-state index contributed by atoms with van der Waals surface area (Å²) in [4.78, 5) is 0. The maximum atomic E-state index is 3.34. The Labute approximate surface area is 128 Å². The minimum atomic E-state index is -1.20. The summed E-state index contributed by atoms with van der Waals surface area (Å²) in [5.41, 5.74) is 6.68. The van der Waals surface area contributed by atoms with E-state index >= 15 is 0 Å². The average molecular weight is 303 g/mol. The molecule has 2 heteroatoms. The second-order valence-electron chi connectivity index (χ2n) is 7.13. The summed E-state index contributed by atoms with van der Waals surface area (Å²) >= 11 is 0. The molecule has 0 aromatic heterocycles. The van der Waals surface area contributed by atoms with Gasteiger partial charge in [0.25, 0.3) is 0 Å². The molecule has 0 aromatic carbocycles. The van der Waals surface area contributed by atoms with E-state index in [1.54, 1.807) is 0 Å². The van der Waals surface area contributed by atoms with Crippen LogP contribution in [-0.4, -0.2) is 16.1 Å². The summed E-state index contributed by atoms with van der Waals surface area (Å²) in [6, 6.07) is 0. The first-order valence-corrected chi connectivity index (χ1v) is 14.6. The van der Waals surface area contributed by atoms with E-state index in [-0.39, 0.29) is 0 Å². The molecule has 0 aliphatic heterocycles. The largest absolute Gasteiger partial charge is 0.129 e. The lowest BCUT2D eigenvalue weighted by atomic mass is 10.2. The summed E-state index contributed by atoms with van der Waals surface area (Å²) in [7, 11) is -2.39. The lowest BCUT2D eigenvalue weighted by Crippen LogP contribution is -2.16. The first-order valence-electron chi connectivity index (χ1n) is 7.56. The number of hydrogen-bond acceptors (Lipinski definition) is 0. The smallest absolute Gasteiger partial charge is 0.127 e. The molecule has 0 rings (SSSR count). The SMILES string of the molecule is C[Si](C)(C)C#C/C=C\CCCC/C=C\C#C[Si](C)(C)C. The van der Waals surface area contributed by atoms with Crippen LogP contribution in [0.2, 0.25) is 39.3 Å². The summed E-state index contributed by atoms with van der Waals surface area (Å²) in [6.45, 7) is 13.6. The third kappa shape index (κ3) is 17.0. The van der Waals surface area contributed by atoms with Crippen LogP contribution in [0, 0.1) is 22.9 Å². The molecule has 0 unspecified atom stereocenters. The Kier molecular flexibility index (Phi) is 9.39. The fourth-order valence-corrected chi connectivity index (χ4v) is 2.36. The summed E-state index contributed by atoms with van der Waals surface area (Å²) in [6.07, 6.45) is 13.2. The highest BCUT2D eigenvalue weighted by atomic mass is 28.3. The van der Waals surface area contributed by atoms with Crippen molar-refractivity contribution >= 4 is 16.1 Å². The van der Waals surface area contributed by atoms with Crippen molar-refractivity contribution in [1.82, 2.24) is 0 Å². The monoisotopic (exact) mass is 302 g/mol. The van der Waals surface area contributed by atoms with Gasteiger partial charge in [0.1, 0.15) is 16.1 Å². The predicted molar refractivity (Wildman–Crippen MR) is 99.0 cm³/mol. The van der Waals surface area contributed by atoms with E-state index < -0.39 is 16.1 Å². The molecule has 0 saturated carbocycles. The van der Waals surface area contributed by atoms with E-state index in [1.807, 2.05) is 12.2 Å². The van der Waals surface area contributed by atoms with Gasteiger partial charge in [-0.15, -0.1) is 11.1 Å². The van der Waals surface area contributed by atoms with Crippen LogP contribution >= 0.6 is 0 Å². The van der Waals surface area contributed by atoms with Crippen molar-refractivity contribution in [2.45, 2.75) is 65.0 Å². The lowest BCUT2D eigenvalue weighted by Gasteiger charge is -2.02. The Hall–Kier alpha value is -0.966. The number of allylic oxidation sites excluding steroid dienone is 4. The molecular weight excluding hydrogens is 272 g/mol. The maximum Gasteiger partial charge on any atom is 0.129 e. The van der Waals surface area contributed by atoms with Crippen molar-refractivity contribution in [2.75, 3.05) is 0 Å². The zero-order chi connectivity index (χ0) is 15.5. The predicted octanol–water partition coefficient (Wildman–Crippen LogP) is 5.42. The molecule has 0 spiro atoms. The lowest BCUT2D eigenvalue weighted by molar-refractivity contribution is 0.762. The normalized spacial score (nSPS) is 12.1. The van der Waals surface area contributed by atoms with E-state index in [4.69, 9.17) is 0 Å². The molecule has 0 saturated heterocycles. The summed E-state index contributed by atoms with van der Waals surface area (Å²) < 4.78 is 0. The van der Waals surface area contributed by atoms with Gasteiger partial charge in [0.05, 0.1) is 0 Å². The van der Waals surface area contributed by atoms with Gasteiger partial charge in [-0.05, 0) is 37.8 Å². The summed E-state index contributed by atoms with van der Waals surface area (Å²) in [5, 5.41) is 0. The van der Waals surface area contributed by atoms with E-state index in [0.717, 1.165) is 12.8 Å². The molecule has 0 radical (unpaired) electrons. The van der Waals surface area contributed by atoms with Crippen molar-refractivity contribution in [2.24, 2.45) is 0 Å².